The van der Waals surface area contributed by atoms with Gasteiger partial charge in [0.1, 0.15) is 6.33 Å². The second kappa shape index (κ2) is 7.76. The van der Waals surface area contributed by atoms with Crippen molar-refractivity contribution in [2.75, 3.05) is 6.54 Å². The first-order valence-electron chi connectivity index (χ1n) is 9.28. The van der Waals surface area contributed by atoms with Gasteiger partial charge in [-0.3, -0.25) is 9.89 Å². The van der Waals surface area contributed by atoms with Gasteiger partial charge in [0.2, 0.25) is 15.8 Å². The van der Waals surface area contributed by atoms with E-state index in [1.54, 1.807) is 23.1 Å². The second-order valence-electron chi connectivity index (χ2n) is 6.99. The Labute approximate surface area is 169 Å². The molecule has 29 heavy (non-hydrogen) atoms. The fourth-order valence-electron chi connectivity index (χ4n) is 3.44. The number of fused-ring (bicyclic) bond motifs is 1. The van der Waals surface area contributed by atoms with Crippen LogP contribution in [-0.2, 0) is 23.0 Å². The summed E-state index contributed by atoms with van der Waals surface area (Å²) in [5.74, 6) is -0.0186. The summed E-state index contributed by atoms with van der Waals surface area (Å²) in [6.07, 6.45) is 1.87. The smallest absolute Gasteiger partial charge is 0.291 e. The van der Waals surface area contributed by atoms with E-state index < -0.39 is 10.0 Å². The molecule has 2 aromatic carbocycles. The second-order valence-corrected chi connectivity index (χ2v) is 8.71. The van der Waals surface area contributed by atoms with Gasteiger partial charge in [0.05, 0.1) is 4.90 Å². The van der Waals surface area contributed by atoms with Crippen LogP contribution in [0.25, 0.3) is 0 Å². The zero-order valence-electron chi connectivity index (χ0n) is 15.9. The minimum absolute atomic E-state index is 0.201. The summed E-state index contributed by atoms with van der Waals surface area (Å²) >= 11 is 0. The van der Waals surface area contributed by atoms with E-state index in [1.807, 2.05) is 37.3 Å². The van der Waals surface area contributed by atoms with Gasteiger partial charge in [-0.25, -0.2) is 18.1 Å². The Hall–Kier alpha value is -3.04. The molecular formula is C20H21N5O3S. The number of hydrogen-bond donors (Lipinski definition) is 2. The number of nitrogens with one attached hydrogen (secondary N) is 2. The number of benzene rings is 2. The Morgan fingerprint density at radius 3 is 2.69 bits per heavy atom. The highest BCUT2D eigenvalue weighted by Gasteiger charge is 2.25. The number of H-pyrrole nitrogens is 1. The molecule has 0 aliphatic carbocycles. The summed E-state index contributed by atoms with van der Waals surface area (Å²) < 4.78 is 28.4. The Morgan fingerprint density at radius 2 is 1.97 bits per heavy atom. The van der Waals surface area contributed by atoms with Crippen molar-refractivity contribution in [1.29, 1.82) is 0 Å². The van der Waals surface area contributed by atoms with Gasteiger partial charge in [-0.2, -0.15) is 5.10 Å². The predicted octanol–water partition coefficient (Wildman–Crippen LogP) is 2.04. The van der Waals surface area contributed by atoms with Gasteiger partial charge in [-0.15, -0.1) is 0 Å². The molecule has 1 aliphatic rings. The van der Waals surface area contributed by atoms with E-state index in [1.165, 1.54) is 6.33 Å². The molecular weight excluding hydrogens is 390 g/mol. The van der Waals surface area contributed by atoms with Crippen LogP contribution in [0.4, 0.5) is 0 Å². The van der Waals surface area contributed by atoms with Gasteiger partial charge in [0.25, 0.3) is 5.91 Å². The van der Waals surface area contributed by atoms with E-state index in [2.05, 4.69) is 19.9 Å². The number of sulfonamides is 1. The van der Waals surface area contributed by atoms with E-state index in [4.69, 9.17) is 0 Å². The first-order chi connectivity index (χ1) is 13.9. The first kappa shape index (κ1) is 19.3. The fraction of sp³-hybridized carbons (Fsp3) is 0.250. The van der Waals surface area contributed by atoms with Gasteiger partial charge < -0.3 is 4.90 Å². The van der Waals surface area contributed by atoms with Gasteiger partial charge >= 0.3 is 0 Å². The van der Waals surface area contributed by atoms with Crippen molar-refractivity contribution in [3.05, 3.63) is 77.4 Å². The molecule has 8 nitrogen and oxygen atoms in total. The van der Waals surface area contributed by atoms with Crippen LogP contribution in [0.1, 0.15) is 40.3 Å². The number of carbonyl (C=O) groups is 1. The highest BCUT2D eigenvalue weighted by molar-refractivity contribution is 7.89. The van der Waals surface area contributed by atoms with E-state index >= 15 is 0 Å². The van der Waals surface area contributed by atoms with Crippen LogP contribution in [-0.4, -0.2) is 41.0 Å². The summed E-state index contributed by atoms with van der Waals surface area (Å²) in [6.45, 7) is 2.71. The number of aromatic amines is 1. The normalized spacial score (nSPS) is 15.0. The molecule has 9 heteroatoms. The number of hydrogen-bond acceptors (Lipinski definition) is 5. The van der Waals surface area contributed by atoms with Crippen molar-refractivity contribution in [1.82, 2.24) is 24.8 Å². The van der Waals surface area contributed by atoms with Crippen molar-refractivity contribution < 1.29 is 13.2 Å². The summed E-state index contributed by atoms with van der Waals surface area (Å²) in [5, 5.41) is 6.29. The summed E-state index contributed by atoms with van der Waals surface area (Å²) in [7, 11) is -3.66. The van der Waals surface area contributed by atoms with E-state index in [0.717, 1.165) is 16.7 Å². The molecule has 2 N–H and O–H groups in total. The lowest BCUT2D eigenvalue weighted by atomic mass is 10.00. The maximum atomic E-state index is 12.8. The molecule has 0 saturated carbocycles. The number of amides is 1. The van der Waals surface area contributed by atoms with Gasteiger partial charge in [-0.1, -0.05) is 36.4 Å². The molecule has 0 saturated heterocycles. The van der Waals surface area contributed by atoms with Gasteiger partial charge in [0.15, 0.2) is 0 Å². The zero-order valence-corrected chi connectivity index (χ0v) is 16.7. The highest BCUT2D eigenvalue weighted by Crippen LogP contribution is 2.24. The third kappa shape index (κ3) is 4.06. The lowest BCUT2D eigenvalue weighted by Crippen LogP contribution is -2.36. The van der Waals surface area contributed by atoms with Crippen molar-refractivity contribution in [3.8, 4) is 0 Å². The van der Waals surface area contributed by atoms with Gasteiger partial charge in [-0.05, 0) is 42.2 Å². The van der Waals surface area contributed by atoms with Crippen molar-refractivity contribution >= 4 is 15.9 Å². The van der Waals surface area contributed by atoms with Gasteiger partial charge in [0, 0.05) is 19.1 Å². The number of rotatable bonds is 5. The van der Waals surface area contributed by atoms with Crippen LogP contribution in [0.2, 0.25) is 0 Å². The summed E-state index contributed by atoms with van der Waals surface area (Å²) in [6, 6.07) is 14.2. The SMILES string of the molecule is C[C@H](NS(=O)(=O)c1ccc2c(c1)CCN(C(=O)c1ncn[nH]1)C2)c1ccccc1. The van der Waals surface area contributed by atoms with Crippen LogP contribution in [0, 0.1) is 0 Å². The number of nitrogens with zero attached hydrogens (tertiary/aromatic N) is 3. The molecule has 4 rings (SSSR count). The minimum Gasteiger partial charge on any atom is -0.331 e. The third-order valence-electron chi connectivity index (χ3n) is 5.04. The van der Waals surface area contributed by atoms with Crippen LogP contribution in [0.15, 0.2) is 59.8 Å². The Morgan fingerprint density at radius 1 is 1.17 bits per heavy atom. The summed E-state index contributed by atoms with van der Waals surface area (Å²) in [5.41, 5.74) is 2.76. The molecule has 150 valence electrons. The lowest BCUT2D eigenvalue weighted by Gasteiger charge is -2.28. The molecule has 0 bridgehead atoms. The van der Waals surface area contributed by atoms with Crippen LogP contribution in [0.5, 0.6) is 0 Å². The Balaban J connectivity index is 1.51. The Bertz CT molecular complexity index is 1110. The maximum Gasteiger partial charge on any atom is 0.291 e. The van der Waals surface area contributed by atoms with E-state index in [0.29, 0.717) is 19.5 Å². The highest BCUT2D eigenvalue weighted by atomic mass is 32.2. The topological polar surface area (TPSA) is 108 Å². The number of aromatic nitrogens is 3. The standard InChI is InChI=1S/C20H21N5O3S/c1-14(15-5-3-2-4-6-15)24-29(27,28)18-8-7-17-12-25(10-9-16(17)11-18)20(26)19-21-13-22-23-19/h2-8,11,13-14,24H,9-10,12H2,1H3,(H,21,22,23)/t14-/m0/s1. The maximum absolute atomic E-state index is 12.8. The van der Waals surface area contributed by atoms with Crippen LogP contribution < -0.4 is 4.72 Å². The van der Waals surface area contributed by atoms with E-state index in [-0.39, 0.29) is 22.7 Å². The molecule has 0 spiro atoms. The fourth-order valence-corrected chi connectivity index (χ4v) is 4.72. The zero-order chi connectivity index (χ0) is 20.4. The molecule has 3 aromatic rings. The molecule has 0 fully saturated rings. The summed E-state index contributed by atoms with van der Waals surface area (Å²) in [4.78, 5) is 18.2. The molecule has 1 amide bonds. The van der Waals surface area contributed by atoms with Crippen LogP contribution >= 0.6 is 0 Å². The molecule has 1 atom stereocenters. The average Bonchev–Trinajstić information content (AvgIpc) is 3.27. The molecule has 1 aliphatic heterocycles. The molecule has 1 aromatic heterocycles. The largest absolute Gasteiger partial charge is 0.331 e. The monoisotopic (exact) mass is 411 g/mol. The van der Waals surface area contributed by atoms with Crippen molar-refractivity contribution in [2.24, 2.45) is 0 Å². The lowest BCUT2D eigenvalue weighted by molar-refractivity contribution is 0.0722. The van der Waals surface area contributed by atoms with Crippen molar-refractivity contribution in [2.45, 2.75) is 30.8 Å². The van der Waals surface area contributed by atoms with Crippen molar-refractivity contribution in [3.63, 3.8) is 0 Å². The molecule has 0 radical (unpaired) electrons. The minimum atomic E-state index is -3.66. The first-order valence-corrected chi connectivity index (χ1v) is 10.8. The molecule has 0 unspecified atom stereocenters. The van der Waals surface area contributed by atoms with E-state index in [9.17, 15) is 13.2 Å². The molecule has 2 heterocycles. The average molecular weight is 411 g/mol. The Kier molecular flexibility index (Phi) is 5.16. The third-order valence-corrected chi connectivity index (χ3v) is 6.57. The predicted molar refractivity (Wildman–Crippen MR) is 106 cm³/mol. The number of carbonyl (C=O) groups excluding carboxylic acids is 1. The van der Waals surface area contributed by atoms with Crippen LogP contribution in [0.3, 0.4) is 0 Å². The quantitative estimate of drug-likeness (QED) is 0.668.